The summed E-state index contributed by atoms with van der Waals surface area (Å²) in [6.45, 7) is 3.61. The highest BCUT2D eigenvalue weighted by atomic mass is 35.5. The smallest absolute Gasteiger partial charge is 0.251 e. The molecule has 1 saturated heterocycles. The molecule has 1 atom stereocenters. The van der Waals surface area contributed by atoms with Crippen molar-refractivity contribution in [1.82, 2.24) is 15.5 Å². The third-order valence-electron chi connectivity index (χ3n) is 4.85. The lowest BCUT2D eigenvalue weighted by molar-refractivity contribution is 0.0940. The summed E-state index contributed by atoms with van der Waals surface area (Å²) in [6.07, 6.45) is 0.903. The Morgan fingerprint density at radius 3 is 2.81 bits per heavy atom. The normalized spacial score (nSPS) is 16.5. The van der Waals surface area contributed by atoms with Crippen molar-refractivity contribution in [2.24, 2.45) is 0 Å². The average molecular weight is 381 g/mol. The number of carbonyl (C=O) groups excluding carboxylic acids is 1. The number of rotatable bonds is 4. The summed E-state index contributed by atoms with van der Waals surface area (Å²) in [5, 5.41) is 11.4. The van der Waals surface area contributed by atoms with E-state index in [2.05, 4.69) is 20.4 Å². The number of aromatic nitrogens is 2. The van der Waals surface area contributed by atoms with E-state index >= 15 is 0 Å². The molecular formula is C21H21ClN4O. The molecule has 2 aromatic carbocycles. The number of nitrogens with one attached hydrogen (secondary N) is 2. The van der Waals surface area contributed by atoms with Crippen LogP contribution >= 0.6 is 11.6 Å². The minimum absolute atomic E-state index is 0.0190. The van der Waals surface area contributed by atoms with Gasteiger partial charge in [0, 0.05) is 35.8 Å². The van der Waals surface area contributed by atoms with E-state index in [1.807, 2.05) is 61.5 Å². The summed E-state index contributed by atoms with van der Waals surface area (Å²) in [7, 11) is 0. The summed E-state index contributed by atoms with van der Waals surface area (Å²) in [5.41, 5.74) is 3.79. The first kappa shape index (κ1) is 17.6. The first-order chi connectivity index (χ1) is 13.1. The second-order valence-corrected chi connectivity index (χ2v) is 7.36. The van der Waals surface area contributed by atoms with Crippen LogP contribution in [0.4, 0.5) is 5.82 Å². The molecular weight excluding hydrogens is 360 g/mol. The van der Waals surface area contributed by atoms with Gasteiger partial charge in [0.1, 0.15) is 0 Å². The molecule has 1 aromatic heterocycles. The molecule has 5 nitrogen and oxygen atoms in total. The van der Waals surface area contributed by atoms with Gasteiger partial charge in [-0.1, -0.05) is 41.4 Å². The molecule has 1 amide bonds. The monoisotopic (exact) mass is 380 g/mol. The SMILES string of the molecule is Cc1cccc(C(=O)N[C@@H]2CCN(c3cc(-c4ccc(Cl)cc4)[nH]n3)C2)c1. The summed E-state index contributed by atoms with van der Waals surface area (Å²) in [6, 6.07) is 17.5. The van der Waals surface area contributed by atoms with Crippen LogP contribution < -0.4 is 10.2 Å². The molecule has 1 aliphatic heterocycles. The predicted molar refractivity (Wildman–Crippen MR) is 108 cm³/mol. The van der Waals surface area contributed by atoms with Crippen LogP contribution in [0.1, 0.15) is 22.3 Å². The number of benzene rings is 2. The fraction of sp³-hybridized carbons (Fsp3) is 0.238. The molecule has 0 radical (unpaired) electrons. The van der Waals surface area contributed by atoms with Crippen LogP contribution in [-0.2, 0) is 0 Å². The molecule has 2 N–H and O–H groups in total. The third kappa shape index (κ3) is 3.98. The van der Waals surface area contributed by atoms with Gasteiger partial charge in [-0.05, 0) is 43.2 Å². The fourth-order valence-electron chi connectivity index (χ4n) is 3.39. The Kier molecular flexibility index (Phi) is 4.86. The van der Waals surface area contributed by atoms with Crippen molar-refractivity contribution < 1.29 is 4.79 Å². The van der Waals surface area contributed by atoms with E-state index in [0.717, 1.165) is 42.1 Å². The van der Waals surface area contributed by atoms with Gasteiger partial charge in [-0.2, -0.15) is 5.10 Å². The molecule has 0 spiro atoms. The summed E-state index contributed by atoms with van der Waals surface area (Å²) >= 11 is 5.95. The Morgan fingerprint density at radius 2 is 2.04 bits per heavy atom. The van der Waals surface area contributed by atoms with Crippen LogP contribution in [0.5, 0.6) is 0 Å². The van der Waals surface area contributed by atoms with Crippen molar-refractivity contribution in [3.05, 3.63) is 70.7 Å². The first-order valence-corrected chi connectivity index (χ1v) is 9.40. The molecule has 27 heavy (non-hydrogen) atoms. The van der Waals surface area contributed by atoms with E-state index in [0.29, 0.717) is 10.6 Å². The Hall–Kier alpha value is -2.79. The van der Waals surface area contributed by atoms with Crippen LogP contribution in [-0.4, -0.2) is 35.2 Å². The molecule has 0 unspecified atom stereocenters. The molecule has 4 rings (SSSR count). The number of amides is 1. The molecule has 1 aliphatic rings. The molecule has 3 aromatic rings. The van der Waals surface area contributed by atoms with Gasteiger partial charge in [-0.25, -0.2) is 0 Å². The van der Waals surface area contributed by atoms with Crippen molar-refractivity contribution in [3.8, 4) is 11.3 Å². The van der Waals surface area contributed by atoms with Crippen molar-refractivity contribution in [3.63, 3.8) is 0 Å². The largest absolute Gasteiger partial charge is 0.353 e. The van der Waals surface area contributed by atoms with E-state index in [1.165, 1.54) is 0 Å². The zero-order valence-corrected chi connectivity index (χ0v) is 15.8. The quantitative estimate of drug-likeness (QED) is 0.717. The molecule has 0 aliphatic carbocycles. The Bertz CT molecular complexity index is 951. The van der Waals surface area contributed by atoms with Crippen molar-refractivity contribution >= 4 is 23.3 Å². The minimum atomic E-state index is -0.0190. The van der Waals surface area contributed by atoms with Crippen molar-refractivity contribution in [1.29, 1.82) is 0 Å². The van der Waals surface area contributed by atoms with Crippen LogP contribution in [0.2, 0.25) is 5.02 Å². The van der Waals surface area contributed by atoms with Gasteiger partial charge >= 0.3 is 0 Å². The minimum Gasteiger partial charge on any atom is -0.353 e. The lowest BCUT2D eigenvalue weighted by Crippen LogP contribution is -2.37. The number of anilines is 1. The highest BCUT2D eigenvalue weighted by Crippen LogP contribution is 2.25. The number of hydrogen-bond donors (Lipinski definition) is 2. The van der Waals surface area contributed by atoms with Gasteiger partial charge < -0.3 is 10.2 Å². The topological polar surface area (TPSA) is 61.0 Å². The zero-order chi connectivity index (χ0) is 18.8. The van der Waals surface area contributed by atoms with E-state index in [1.54, 1.807) is 0 Å². The molecule has 1 fully saturated rings. The van der Waals surface area contributed by atoms with Crippen molar-refractivity contribution in [2.45, 2.75) is 19.4 Å². The average Bonchev–Trinajstić information content (AvgIpc) is 3.32. The number of hydrogen-bond acceptors (Lipinski definition) is 3. The number of halogens is 1. The Balaban J connectivity index is 1.40. The number of nitrogens with zero attached hydrogens (tertiary/aromatic N) is 2. The molecule has 6 heteroatoms. The molecule has 138 valence electrons. The lowest BCUT2D eigenvalue weighted by Gasteiger charge is -2.16. The number of aryl methyl sites for hydroxylation is 1. The van der Waals surface area contributed by atoms with E-state index in [4.69, 9.17) is 11.6 Å². The highest BCUT2D eigenvalue weighted by molar-refractivity contribution is 6.30. The Labute approximate surface area is 163 Å². The van der Waals surface area contributed by atoms with E-state index in [-0.39, 0.29) is 11.9 Å². The van der Waals surface area contributed by atoms with Crippen LogP contribution in [0.15, 0.2) is 54.6 Å². The van der Waals surface area contributed by atoms with Crippen LogP contribution in [0.25, 0.3) is 11.3 Å². The maximum absolute atomic E-state index is 12.5. The maximum atomic E-state index is 12.5. The number of aromatic amines is 1. The predicted octanol–water partition coefficient (Wildman–Crippen LogP) is 4.05. The third-order valence-corrected chi connectivity index (χ3v) is 5.10. The molecule has 0 bridgehead atoms. The van der Waals surface area contributed by atoms with Gasteiger partial charge in [0.25, 0.3) is 5.91 Å². The number of carbonyl (C=O) groups is 1. The molecule has 2 heterocycles. The summed E-state index contributed by atoms with van der Waals surface area (Å²) in [5.74, 6) is 0.877. The Morgan fingerprint density at radius 1 is 1.22 bits per heavy atom. The highest BCUT2D eigenvalue weighted by Gasteiger charge is 2.26. The standard InChI is InChI=1S/C21H21ClN4O/c1-14-3-2-4-16(11-14)21(27)23-18-9-10-26(13-18)20-12-19(24-25-20)15-5-7-17(22)8-6-15/h2-8,11-12,18H,9-10,13H2,1H3,(H,23,27)(H,24,25)/t18-/m1/s1. The first-order valence-electron chi connectivity index (χ1n) is 9.02. The van der Waals surface area contributed by atoms with Gasteiger partial charge in [0.05, 0.1) is 5.69 Å². The number of H-pyrrole nitrogens is 1. The van der Waals surface area contributed by atoms with Crippen molar-refractivity contribution in [2.75, 3.05) is 18.0 Å². The van der Waals surface area contributed by atoms with Crippen LogP contribution in [0.3, 0.4) is 0 Å². The summed E-state index contributed by atoms with van der Waals surface area (Å²) < 4.78 is 0. The second kappa shape index (κ2) is 7.45. The van der Waals surface area contributed by atoms with Gasteiger partial charge in [0.2, 0.25) is 0 Å². The zero-order valence-electron chi connectivity index (χ0n) is 15.1. The van der Waals surface area contributed by atoms with E-state index in [9.17, 15) is 4.79 Å². The lowest BCUT2D eigenvalue weighted by atomic mass is 10.1. The van der Waals surface area contributed by atoms with Gasteiger partial charge in [-0.15, -0.1) is 0 Å². The molecule has 0 saturated carbocycles. The van der Waals surface area contributed by atoms with Gasteiger partial charge in [-0.3, -0.25) is 9.89 Å². The van der Waals surface area contributed by atoms with Gasteiger partial charge in [0.15, 0.2) is 5.82 Å². The van der Waals surface area contributed by atoms with E-state index < -0.39 is 0 Å². The maximum Gasteiger partial charge on any atom is 0.251 e. The fourth-order valence-corrected chi connectivity index (χ4v) is 3.52. The van der Waals surface area contributed by atoms with Crippen LogP contribution in [0, 0.1) is 6.92 Å². The second-order valence-electron chi connectivity index (χ2n) is 6.92. The summed E-state index contributed by atoms with van der Waals surface area (Å²) in [4.78, 5) is 14.6.